The Morgan fingerprint density at radius 3 is 2.86 bits per heavy atom. The van der Waals surface area contributed by atoms with Gasteiger partial charge in [0.25, 0.3) is 0 Å². The summed E-state index contributed by atoms with van der Waals surface area (Å²) in [6.07, 6.45) is 2.25. The van der Waals surface area contributed by atoms with Crippen molar-refractivity contribution in [2.45, 2.75) is 25.7 Å². The van der Waals surface area contributed by atoms with Gasteiger partial charge in [-0.1, -0.05) is 0 Å². The second-order valence-electron chi connectivity index (χ2n) is 5.27. The Morgan fingerprint density at radius 1 is 1.32 bits per heavy atom. The highest BCUT2D eigenvalue weighted by molar-refractivity contribution is 5.93. The van der Waals surface area contributed by atoms with E-state index in [4.69, 9.17) is 4.42 Å². The number of fused-ring (bicyclic) bond motifs is 1. The lowest BCUT2D eigenvalue weighted by molar-refractivity contribution is -0.119. The number of oxazole rings is 1. The van der Waals surface area contributed by atoms with Crippen molar-refractivity contribution in [3.63, 3.8) is 0 Å². The van der Waals surface area contributed by atoms with Gasteiger partial charge in [0, 0.05) is 18.2 Å². The Labute approximate surface area is 127 Å². The fourth-order valence-corrected chi connectivity index (χ4v) is 2.12. The second kappa shape index (κ2) is 6.05. The number of aromatic nitrogens is 1. The van der Waals surface area contributed by atoms with E-state index in [2.05, 4.69) is 20.9 Å². The summed E-state index contributed by atoms with van der Waals surface area (Å²) in [5.74, 6) is 0.996. The largest absolute Gasteiger partial charge is 0.440 e. The Balaban J connectivity index is 1.60. The maximum absolute atomic E-state index is 11.7. The molecule has 1 saturated carbocycles. The molecular formula is C15H18N4O3. The van der Waals surface area contributed by atoms with Gasteiger partial charge in [-0.15, -0.1) is 0 Å². The van der Waals surface area contributed by atoms with Crippen molar-refractivity contribution in [3.05, 3.63) is 24.1 Å². The summed E-state index contributed by atoms with van der Waals surface area (Å²) in [7, 11) is 0. The zero-order valence-corrected chi connectivity index (χ0v) is 12.3. The summed E-state index contributed by atoms with van der Waals surface area (Å²) in [4.78, 5) is 27.4. The number of rotatable bonds is 5. The number of hydrogen-bond donors (Lipinski definition) is 3. The van der Waals surface area contributed by atoms with Gasteiger partial charge in [-0.2, -0.15) is 0 Å². The zero-order chi connectivity index (χ0) is 15.5. The summed E-state index contributed by atoms with van der Waals surface area (Å²) < 4.78 is 5.67. The lowest BCUT2D eigenvalue weighted by atomic mass is 10.3. The number of benzene rings is 1. The van der Waals surface area contributed by atoms with E-state index in [0.717, 1.165) is 29.8 Å². The number of anilines is 1. The van der Waals surface area contributed by atoms with E-state index >= 15 is 0 Å². The van der Waals surface area contributed by atoms with Crippen LogP contribution in [0.1, 0.15) is 31.6 Å². The Bertz CT molecular complexity index is 706. The summed E-state index contributed by atoms with van der Waals surface area (Å²) in [5.41, 5.74) is 2.05. The molecule has 0 radical (unpaired) electrons. The summed E-state index contributed by atoms with van der Waals surface area (Å²) in [5, 5.41) is 7.77. The van der Waals surface area contributed by atoms with E-state index in [1.807, 2.05) is 6.92 Å². The van der Waals surface area contributed by atoms with Crippen LogP contribution in [0.3, 0.4) is 0 Å². The van der Waals surface area contributed by atoms with Gasteiger partial charge in [-0.25, -0.2) is 9.78 Å². The minimum absolute atomic E-state index is 0.0578. The third-order valence-electron chi connectivity index (χ3n) is 3.37. The molecule has 116 valence electrons. The minimum Gasteiger partial charge on any atom is -0.440 e. The van der Waals surface area contributed by atoms with Crippen molar-refractivity contribution in [2.24, 2.45) is 0 Å². The van der Waals surface area contributed by atoms with Gasteiger partial charge in [0.2, 0.25) is 5.91 Å². The fourth-order valence-electron chi connectivity index (χ4n) is 2.12. The number of nitrogens with zero attached hydrogens (tertiary/aromatic N) is 1. The summed E-state index contributed by atoms with van der Waals surface area (Å²) in [6.45, 7) is 2.30. The summed E-state index contributed by atoms with van der Waals surface area (Å²) in [6, 6.07) is 4.86. The number of hydrogen-bond acceptors (Lipinski definition) is 4. The zero-order valence-electron chi connectivity index (χ0n) is 12.3. The van der Waals surface area contributed by atoms with Crippen LogP contribution in [0, 0.1) is 0 Å². The van der Waals surface area contributed by atoms with Crippen LogP contribution in [0.2, 0.25) is 0 Å². The van der Waals surface area contributed by atoms with Crippen LogP contribution in [-0.2, 0) is 4.79 Å². The van der Waals surface area contributed by atoms with Gasteiger partial charge < -0.3 is 20.4 Å². The molecule has 1 aliphatic rings. The van der Waals surface area contributed by atoms with Gasteiger partial charge in [0.15, 0.2) is 11.5 Å². The second-order valence-corrected chi connectivity index (χ2v) is 5.27. The molecule has 3 rings (SSSR count). The number of carbonyl (C=O) groups is 2. The smallest absolute Gasteiger partial charge is 0.319 e. The van der Waals surface area contributed by atoms with E-state index in [1.54, 1.807) is 18.2 Å². The molecule has 1 aliphatic carbocycles. The fraction of sp³-hybridized carbons (Fsp3) is 0.400. The Kier molecular flexibility index (Phi) is 3.95. The normalized spacial score (nSPS) is 13.9. The molecule has 3 N–H and O–H groups in total. The van der Waals surface area contributed by atoms with Crippen LogP contribution in [0.5, 0.6) is 0 Å². The number of amides is 3. The predicted molar refractivity (Wildman–Crippen MR) is 81.7 cm³/mol. The number of urea groups is 1. The first-order valence-electron chi connectivity index (χ1n) is 7.37. The van der Waals surface area contributed by atoms with Gasteiger partial charge >= 0.3 is 6.03 Å². The maximum atomic E-state index is 11.7. The SMILES string of the molecule is CCNC(=O)CNC(=O)Nc1ccc2oc(C3CC3)nc2c1. The van der Waals surface area contributed by atoms with Gasteiger partial charge in [0.05, 0.1) is 6.54 Å². The van der Waals surface area contributed by atoms with Crippen molar-refractivity contribution in [2.75, 3.05) is 18.4 Å². The lowest BCUT2D eigenvalue weighted by Gasteiger charge is -2.07. The molecule has 1 fully saturated rings. The van der Waals surface area contributed by atoms with Crippen LogP contribution in [-0.4, -0.2) is 30.0 Å². The van der Waals surface area contributed by atoms with Gasteiger partial charge in [-0.3, -0.25) is 4.79 Å². The first kappa shape index (κ1) is 14.4. The third kappa shape index (κ3) is 3.36. The van der Waals surface area contributed by atoms with Crippen molar-refractivity contribution in [1.29, 1.82) is 0 Å². The van der Waals surface area contributed by atoms with Crippen molar-refractivity contribution in [3.8, 4) is 0 Å². The molecule has 0 atom stereocenters. The monoisotopic (exact) mass is 302 g/mol. The van der Waals surface area contributed by atoms with Crippen LogP contribution < -0.4 is 16.0 Å². The highest BCUT2D eigenvalue weighted by Gasteiger charge is 2.28. The number of nitrogens with one attached hydrogen (secondary N) is 3. The molecule has 22 heavy (non-hydrogen) atoms. The highest BCUT2D eigenvalue weighted by Crippen LogP contribution is 2.40. The molecule has 2 aromatic rings. The van der Waals surface area contributed by atoms with E-state index in [9.17, 15) is 9.59 Å². The van der Waals surface area contributed by atoms with E-state index in [1.165, 1.54) is 0 Å². The van der Waals surface area contributed by atoms with Crippen LogP contribution in [0.25, 0.3) is 11.1 Å². The molecule has 7 heteroatoms. The highest BCUT2D eigenvalue weighted by atomic mass is 16.3. The van der Waals surface area contributed by atoms with Crippen molar-refractivity contribution < 1.29 is 14.0 Å². The standard InChI is InChI=1S/C15H18N4O3/c1-2-16-13(20)8-17-15(21)18-10-5-6-12-11(7-10)19-14(22-12)9-3-4-9/h5-7,9H,2-4,8H2,1H3,(H,16,20)(H2,17,18,21). The third-order valence-corrected chi connectivity index (χ3v) is 3.37. The number of carbonyl (C=O) groups excluding carboxylic acids is 2. The first-order chi connectivity index (χ1) is 10.7. The topological polar surface area (TPSA) is 96.3 Å². The van der Waals surface area contributed by atoms with Crippen LogP contribution in [0.4, 0.5) is 10.5 Å². The van der Waals surface area contributed by atoms with Gasteiger partial charge in [0.1, 0.15) is 5.52 Å². The molecule has 7 nitrogen and oxygen atoms in total. The average Bonchev–Trinajstić information content (AvgIpc) is 3.25. The molecule has 1 heterocycles. The molecule has 0 bridgehead atoms. The van der Waals surface area contributed by atoms with E-state index in [-0.39, 0.29) is 12.5 Å². The quantitative estimate of drug-likeness (QED) is 0.786. The number of likely N-dealkylation sites (N-methyl/N-ethyl adjacent to an activating group) is 1. The average molecular weight is 302 g/mol. The van der Waals surface area contributed by atoms with E-state index < -0.39 is 6.03 Å². The Morgan fingerprint density at radius 2 is 2.14 bits per heavy atom. The first-order valence-corrected chi connectivity index (χ1v) is 7.37. The molecule has 0 aliphatic heterocycles. The lowest BCUT2D eigenvalue weighted by Crippen LogP contribution is -2.38. The minimum atomic E-state index is -0.434. The molecule has 3 amide bonds. The van der Waals surface area contributed by atoms with Gasteiger partial charge in [-0.05, 0) is 38.0 Å². The van der Waals surface area contributed by atoms with Crippen LogP contribution >= 0.6 is 0 Å². The molecule has 0 saturated heterocycles. The molecule has 0 unspecified atom stereocenters. The van der Waals surface area contributed by atoms with Crippen molar-refractivity contribution in [1.82, 2.24) is 15.6 Å². The maximum Gasteiger partial charge on any atom is 0.319 e. The van der Waals surface area contributed by atoms with Crippen molar-refractivity contribution >= 4 is 28.7 Å². The molecule has 1 aromatic carbocycles. The molecule has 0 spiro atoms. The van der Waals surface area contributed by atoms with E-state index in [0.29, 0.717) is 18.2 Å². The molecular weight excluding hydrogens is 284 g/mol. The Hall–Kier alpha value is -2.57. The summed E-state index contributed by atoms with van der Waals surface area (Å²) >= 11 is 0. The molecule has 1 aromatic heterocycles. The predicted octanol–water partition coefficient (Wildman–Crippen LogP) is 1.96. The van der Waals surface area contributed by atoms with Crippen LogP contribution in [0.15, 0.2) is 22.6 Å².